The average molecular weight is 570 g/mol. The third-order valence-corrected chi connectivity index (χ3v) is 8.54. The number of rotatable bonds is 12. The minimum Gasteiger partial charge on any atom is -0.355 e. The molecule has 0 aliphatic rings. The van der Waals surface area contributed by atoms with Crippen molar-refractivity contribution >= 4 is 27.5 Å². The summed E-state index contributed by atoms with van der Waals surface area (Å²) in [6, 6.07) is 33.1. The van der Waals surface area contributed by atoms with Gasteiger partial charge in [0.15, 0.2) is 0 Å². The third-order valence-electron chi connectivity index (χ3n) is 6.75. The zero-order valence-electron chi connectivity index (χ0n) is 23.3. The topological polar surface area (TPSA) is 86.8 Å². The molecule has 0 radical (unpaired) electrons. The first kappa shape index (κ1) is 29.6. The Morgan fingerprint density at radius 3 is 1.85 bits per heavy atom. The fraction of sp³-hybridized carbons (Fsp3) is 0.212. The molecule has 41 heavy (non-hydrogen) atoms. The van der Waals surface area contributed by atoms with E-state index < -0.39 is 28.5 Å². The summed E-state index contributed by atoms with van der Waals surface area (Å²) in [5, 5.41) is 2.87. The molecule has 1 N–H and O–H groups in total. The van der Waals surface area contributed by atoms with Crippen molar-refractivity contribution in [3.8, 4) is 0 Å². The number of anilines is 1. The first-order valence-electron chi connectivity index (χ1n) is 13.6. The normalized spacial score (nSPS) is 11.9. The van der Waals surface area contributed by atoms with Crippen LogP contribution in [-0.4, -0.2) is 44.3 Å². The molecule has 0 aromatic heterocycles. The summed E-state index contributed by atoms with van der Waals surface area (Å²) in [5.74, 6) is -0.783. The van der Waals surface area contributed by atoms with E-state index in [9.17, 15) is 18.0 Å². The molecule has 0 bridgehead atoms. The van der Waals surface area contributed by atoms with E-state index >= 15 is 0 Å². The maximum atomic E-state index is 14.2. The van der Waals surface area contributed by atoms with Gasteiger partial charge in [0.2, 0.25) is 11.8 Å². The van der Waals surface area contributed by atoms with Crippen molar-refractivity contribution in [3.63, 3.8) is 0 Å². The molecule has 1 atom stereocenters. The lowest BCUT2D eigenvalue weighted by Gasteiger charge is -2.33. The average Bonchev–Trinajstić information content (AvgIpc) is 2.99. The van der Waals surface area contributed by atoms with Crippen molar-refractivity contribution in [2.45, 2.75) is 37.8 Å². The highest BCUT2D eigenvalue weighted by molar-refractivity contribution is 7.92. The fourth-order valence-electron chi connectivity index (χ4n) is 4.59. The number of sulfonamides is 1. The summed E-state index contributed by atoms with van der Waals surface area (Å²) in [7, 11) is -4.10. The summed E-state index contributed by atoms with van der Waals surface area (Å²) in [4.78, 5) is 29.3. The van der Waals surface area contributed by atoms with Gasteiger partial charge in [-0.1, -0.05) is 96.6 Å². The van der Waals surface area contributed by atoms with Crippen LogP contribution in [0, 0.1) is 6.92 Å². The summed E-state index contributed by atoms with van der Waals surface area (Å²) in [6.07, 6.45) is 0.279. The van der Waals surface area contributed by atoms with Crippen LogP contribution in [0.4, 0.5) is 5.69 Å². The highest BCUT2D eigenvalue weighted by atomic mass is 32.2. The fourth-order valence-corrected chi connectivity index (χ4v) is 6.00. The first-order chi connectivity index (χ1) is 19.8. The highest BCUT2D eigenvalue weighted by Crippen LogP contribution is 2.25. The van der Waals surface area contributed by atoms with E-state index in [1.54, 1.807) is 54.6 Å². The Balaban J connectivity index is 1.76. The molecule has 0 aliphatic carbocycles. The number of carbonyl (C=O) groups is 2. The molecule has 4 aromatic rings. The molecular formula is C33H35N3O4S. The van der Waals surface area contributed by atoms with E-state index in [-0.39, 0.29) is 23.8 Å². The van der Waals surface area contributed by atoms with Crippen LogP contribution in [0.15, 0.2) is 120 Å². The monoisotopic (exact) mass is 569 g/mol. The molecule has 0 saturated carbocycles. The van der Waals surface area contributed by atoms with Gasteiger partial charge in [-0.05, 0) is 49.2 Å². The summed E-state index contributed by atoms with van der Waals surface area (Å²) in [6.45, 7) is 3.77. The van der Waals surface area contributed by atoms with Crippen LogP contribution in [0.5, 0.6) is 0 Å². The van der Waals surface area contributed by atoms with Gasteiger partial charge in [-0.2, -0.15) is 0 Å². The van der Waals surface area contributed by atoms with E-state index in [0.717, 1.165) is 21.0 Å². The standard InChI is InChI=1S/C33H35N3O4S/c1-3-34-33(38)31(23-27-13-7-4-8-14-27)35(24-28-15-9-5-10-16-28)32(37)25-36(29-17-11-6-12-18-29)41(39,40)30-21-19-26(2)20-22-30/h4-22,31H,3,23-25H2,1-2H3,(H,34,38)/t31-/m0/s1. The molecule has 2 amide bonds. The lowest BCUT2D eigenvalue weighted by Crippen LogP contribution is -2.53. The van der Waals surface area contributed by atoms with Crippen LogP contribution in [-0.2, 0) is 32.6 Å². The number of likely N-dealkylation sites (N-methyl/N-ethyl adjacent to an activating group) is 1. The number of nitrogens with one attached hydrogen (secondary N) is 1. The smallest absolute Gasteiger partial charge is 0.264 e. The van der Waals surface area contributed by atoms with Crippen LogP contribution >= 0.6 is 0 Å². The van der Waals surface area contributed by atoms with Crippen LogP contribution in [0.2, 0.25) is 0 Å². The molecule has 0 fully saturated rings. The Morgan fingerprint density at radius 2 is 1.29 bits per heavy atom. The molecule has 0 heterocycles. The van der Waals surface area contributed by atoms with Gasteiger partial charge in [-0.25, -0.2) is 8.42 Å². The predicted octanol–water partition coefficient (Wildman–Crippen LogP) is 4.97. The van der Waals surface area contributed by atoms with Crippen molar-refractivity contribution in [1.29, 1.82) is 0 Å². The van der Waals surface area contributed by atoms with Crippen LogP contribution in [0.25, 0.3) is 0 Å². The van der Waals surface area contributed by atoms with Crippen molar-refractivity contribution < 1.29 is 18.0 Å². The molecular weight excluding hydrogens is 534 g/mol. The lowest BCUT2D eigenvalue weighted by molar-refractivity contribution is -0.140. The van der Waals surface area contributed by atoms with Crippen molar-refractivity contribution in [1.82, 2.24) is 10.2 Å². The summed E-state index contributed by atoms with van der Waals surface area (Å²) < 4.78 is 29.0. The minimum atomic E-state index is -4.10. The first-order valence-corrected chi connectivity index (χ1v) is 15.0. The Kier molecular flexibility index (Phi) is 9.92. The van der Waals surface area contributed by atoms with Crippen LogP contribution < -0.4 is 9.62 Å². The lowest BCUT2D eigenvalue weighted by atomic mass is 10.0. The van der Waals surface area contributed by atoms with Gasteiger partial charge < -0.3 is 10.2 Å². The molecule has 0 unspecified atom stereocenters. The number of para-hydroxylation sites is 1. The number of nitrogens with zero attached hydrogens (tertiary/aromatic N) is 2. The third kappa shape index (κ3) is 7.61. The Morgan fingerprint density at radius 1 is 0.756 bits per heavy atom. The van der Waals surface area contributed by atoms with E-state index in [1.165, 1.54) is 4.90 Å². The SMILES string of the molecule is CCNC(=O)[C@H](Cc1ccccc1)N(Cc1ccccc1)C(=O)CN(c1ccccc1)S(=O)(=O)c1ccc(C)cc1. The van der Waals surface area contributed by atoms with Gasteiger partial charge >= 0.3 is 0 Å². The second-order valence-electron chi connectivity index (χ2n) is 9.77. The molecule has 0 aliphatic heterocycles. The maximum absolute atomic E-state index is 14.2. The summed E-state index contributed by atoms with van der Waals surface area (Å²) >= 11 is 0. The zero-order chi connectivity index (χ0) is 29.2. The van der Waals surface area contributed by atoms with E-state index in [1.807, 2.05) is 74.5 Å². The second-order valence-corrected chi connectivity index (χ2v) is 11.6. The van der Waals surface area contributed by atoms with Crippen molar-refractivity contribution in [3.05, 3.63) is 132 Å². The second kappa shape index (κ2) is 13.8. The van der Waals surface area contributed by atoms with Crippen molar-refractivity contribution in [2.75, 3.05) is 17.4 Å². The van der Waals surface area contributed by atoms with Gasteiger partial charge in [0.1, 0.15) is 12.6 Å². The Hall–Kier alpha value is -4.43. The Labute approximate surface area is 242 Å². The minimum absolute atomic E-state index is 0.0823. The number of benzene rings is 4. The maximum Gasteiger partial charge on any atom is 0.264 e. The van der Waals surface area contributed by atoms with Crippen LogP contribution in [0.3, 0.4) is 0 Å². The van der Waals surface area contributed by atoms with Crippen molar-refractivity contribution in [2.24, 2.45) is 0 Å². The van der Waals surface area contributed by atoms with Gasteiger partial charge in [0, 0.05) is 19.5 Å². The number of amides is 2. The molecule has 212 valence electrons. The van der Waals surface area contributed by atoms with Gasteiger partial charge in [-0.3, -0.25) is 13.9 Å². The number of carbonyl (C=O) groups excluding carboxylic acids is 2. The van der Waals surface area contributed by atoms with Gasteiger partial charge in [0.05, 0.1) is 10.6 Å². The largest absolute Gasteiger partial charge is 0.355 e. The molecule has 4 aromatic carbocycles. The van der Waals surface area contributed by atoms with E-state index in [0.29, 0.717) is 12.2 Å². The number of hydrogen-bond acceptors (Lipinski definition) is 4. The molecule has 0 saturated heterocycles. The molecule has 4 rings (SSSR count). The Bertz CT molecular complexity index is 1530. The quantitative estimate of drug-likeness (QED) is 0.261. The number of aryl methyl sites for hydroxylation is 1. The predicted molar refractivity (Wildman–Crippen MR) is 162 cm³/mol. The van der Waals surface area contributed by atoms with Gasteiger partial charge in [-0.15, -0.1) is 0 Å². The zero-order valence-corrected chi connectivity index (χ0v) is 24.1. The highest BCUT2D eigenvalue weighted by Gasteiger charge is 2.34. The van der Waals surface area contributed by atoms with Crippen LogP contribution in [0.1, 0.15) is 23.6 Å². The van der Waals surface area contributed by atoms with E-state index in [4.69, 9.17) is 0 Å². The number of hydrogen-bond donors (Lipinski definition) is 1. The molecule has 8 heteroatoms. The van der Waals surface area contributed by atoms with Gasteiger partial charge in [0.25, 0.3) is 10.0 Å². The molecule has 0 spiro atoms. The summed E-state index contributed by atoms with van der Waals surface area (Å²) in [5.41, 5.74) is 3.00. The van der Waals surface area contributed by atoms with E-state index in [2.05, 4.69) is 5.32 Å². The molecule has 7 nitrogen and oxygen atoms in total.